The molecule has 0 bridgehead atoms. The van der Waals surface area contributed by atoms with Gasteiger partial charge in [0.05, 0.1) is 19.1 Å². The minimum absolute atomic E-state index is 0.180. The van der Waals surface area contributed by atoms with E-state index in [-0.39, 0.29) is 5.91 Å². The summed E-state index contributed by atoms with van der Waals surface area (Å²) in [6.45, 7) is 1.74. The quantitative estimate of drug-likeness (QED) is 0.570. The highest BCUT2D eigenvalue weighted by atomic mass is 16.7. The lowest BCUT2D eigenvalue weighted by Gasteiger charge is -2.24. The van der Waals surface area contributed by atoms with Gasteiger partial charge in [-0.2, -0.15) is 0 Å². The Balaban J connectivity index is 2.40. The van der Waals surface area contributed by atoms with Crippen LogP contribution in [-0.4, -0.2) is 36.3 Å². The van der Waals surface area contributed by atoms with Crippen molar-refractivity contribution in [2.45, 2.75) is 32.3 Å². The van der Waals surface area contributed by atoms with Gasteiger partial charge in [0.2, 0.25) is 0 Å². The molecule has 1 rings (SSSR count). The molecule has 16 heavy (non-hydrogen) atoms. The second-order valence-electron chi connectivity index (χ2n) is 4.42. The predicted octanol–water partition coefficient (Wildman–Crippen LogP) is 1.36. The van der Waals surface area contributed by atoms with Crippen LogP contribution in [0.4, 0.5) is 0 Å². The van der Waals surface area contributed by atoms with Gasteiger partial charge in [-0.05, 0) is 25.2 Å². The van der Waals surface area contributed by atoms with Crippen LogP contribution in [0.15, 0.2) is 12.2 Å². The van der Waals surface area contributed by atoms with E-state index in [9.17, 15) is 9.90 Å². The molecule has 0 spiro atoms. The maximum Gasteiger partial charge on any atom is 0.251 e. The zero-order valence-electron chi connectivity index (χ0n) is 10.2. The van der Waals surface area contributed by atoms with Crippen molar-refractivity contribution in [1.29, 1.82) is 0 Å². The van der Waals surface area contributed by atoms with E-state index in [2.05, 4.69) is 12.2 Å². The first-order chi connectivity index (χ1) is 7.56. The van der Waals surface area contributed by atoms with E-state index in [1.165, 1.54) is 12.2 Å². The first kappa shape index (κ1) is 13.2. The van der Waals surface area contributed by atoms with Crippen LogP contribution in [0.1, 0.15) is 26.2 Å². The van der Waals surface area contributed by atoms with Crippen LogP contribution in [0, 0.1) is 11.8 Å². The standard InChI is InChI=1S/C12H21NO3/c1-9(12(15)13(2)16-3)11(14)8-10-6-4-5-7-10/h4-5,9-11,14H,6-8H2,1-3H3/t9-,11+/m0/s1. The molecule has 1 aliphatic rings. The van der Waals surface area contributed by atoms with Gasteiger partial charge in [0.1, 0.15) is 0 Å². The van der Waals surface area contributed by atoms with Crippen molar-refractivity contribution < 1.29 is 14.7 Å². The monoisotopic (exact) mass is 227 g/mol. The molecule has 0 aromatic heterocycles. The Labute approximate surface area is 96.8 Å². The van der Waals surface area contributed by atoms with E-state index in [0.717, 1.165) is 12.8 Å². The minimum atomic E-state index is -0.588. The summed E-state index contributed by atoms with van der Waals surface area (Å²) >= 11 is 0. The Morgan fingerprint density at radius 1 is 1.56 bits per heavy atom. The lowest BCUT2D eigenvalue weighted by Crippen LogP contribution is -2.37. The van der Waals surface area contributed by atoms with Gasteiger partial charge in [-0.25, -0.2) is 5.06 Å². The summed E-state index contributed by atoms with van der Waals surface area (Å²) in [6, 6.07) is 0. The maximum absolute atomic E-state index is 11.7. The summed E-state index contributed by atoms with van der Waals surface area (Å²) in [7, 11) is 3.00. The zero-order chi connectivity index (χ0) is 12.1. The van der Waals surface area contributed by atoms with Gasteiger partial charge < -0.3 is 5.11 Å². The molecule has 4 heteroatoms. The number of carbonyl (C=O) groups excluding carboxylic acids is 1. The number of aliphatic hydroxyl groups excluding tert-OH is 1. The number of rotatable bonds is 5. The van der Waals surface area contributed by atoms with Crippen molar-refractivity contribution in [3.05, 3.63) is 12.2 Å². The van der Waals surface area contributed by atoms with E-state index >= 15 is 0 Å². The van der Waals surface area contributed by atoms with Crippen molar-refractivity contribution in [3.8, 4) is 0 Å². The lowest BCUT2D eigenvalue weighted by atomic mass is 9.92. The summed E-state index contributed by atoms with van der Waals surface area (Å²) in [5.41, 5.74) is 0. The average Bonchev–Trinajstić information content (AvgIpc) is 2.78. The van der Waals surface area contributed by atoms with Crippen LogP contribution in [0.5, 0.6) is 0 Å². The molecule has 0 aromatic rings. The third-order valence-corrected chi connectivity index (χ3v) is 3.23. The van der Waals surface area contributed by atoms with Crippen molar-refractivity contribution in [2.24, 2.45) is 11.8 Å². The molecule has 2 atom stereocenters. The van der Waals surface area contributed by atoms with Crippen LogP contribution in [0.3, 0.4) is 0 Å². The molecule has 0 saturated carbocycles. The molecule has 1 N–H and O–H groups in total. The largest absolute Gasteiger partial charge is 0.392 e. The second kappa shape index (κ2) is 6.01. The molecule has 1 amide bonds. The molecule has 1 aliphatic carbocycles. The van der Waals surface area contributed by atoms with Gasteiger partial charge in [-0.1, -0.05) is 19.1 Å². The third-order valence-electron chi connectivity index (χ3n) is 3.23. The van der Waals surface area contributed by atoms with Crippen LogP contribution >= 0.6 is 0 Å². The topological polar surface area (TPSA) is 49.8 Å². The smallest absolute Gasteiger partial charge is 0.251 e. The molecule has 0 unspecified atom stereocenters. The third kappa shape index (κ3) is 3.32. The summed E-state index contributed by atoms with van der Waals surface area (Å²) in [5.74, 6) is -0.107. The summed E-state index contributed by atoms with van der Waals surface area (Å²) in [5, 5.41) is 11.1. The molecule has 4 nitrogen and oxygen atoms in total. The van der Waals surface area contributed by atoms with E-state index in [0.29, 0.717) is 12.3 Å². The maximum atomic E-state index is 11.7. The molecule has 0 fully saturated rings. The number of hydrogen-bond acceptors (Lipinski definition) is 3. The van der Waals surface area contributed by atoms with Crippen LogP contribution in [-0.2, 0) is 9.63 Å². The highest BCUT2D eigenvalue weighted by Gasteiger charge is 2.27. The summed E-state index contributed by atoms with van der Waals surface area (Å²) < 4.78 is 0. The van der Waals surface area contributed by atoms with E-state index in [4.69, 9.17) is 4.84 Å². The SMILES string of the molecule is CON(C)C(=O)[C@@H](C)[C@H](O)CC1CC=CC1. The van der Waals surface area contributed by atoms with Gasteiger partial charge in [0.25, 0.3) is 5.91 Å². The summed E-state index contributed by atoms with van der Waals surface area (Å²) in [4.78, 5) is 16.5. The fourth-order valence-electron chi connectivity index (χ4n) is 1.95. The Bertz CT molecular complexity index is 257. The number of allylic oxidation sites excluding steroid dienone is 2. The van der Waals surface area contributed by atoms with Gasteiger partial charge in [0, 0.05) is 7.05 Å². The van der Waals surface area contributed by atoms with E-state index in [1.54, 1.807) is 14.0 Å². The van der Waals surface area contributed by atoms with Gasteiger partial charge >= 0.3 is 0 Å². The Hall–Kier alpha value is -0.870. The van der Waals surface area contributed by atoms with Crippen LogP contribution in [0.2, 0.25) is 0 Å². The molecule has 92 valence electrons. The first-order valence-electron chi connectivity index (χ1n) is 5.71. The van der Waals surface area contributed by atoms with E-state index < -0.39 is 12.0 Å². The van der Waals surface area contributed by atoms with Gasteiger partial charge in [-0.3, -0.25) is 9.63 Å². The number of hydroxylamine groups is 2. The molecule has 0 aliphatic heterocycles. The number of amides is 1. The van der Waals surface area contributed by atoms with E-state index in [1.807, 2.05) is 0 Å². The number of aliphatic hydroxyl groups is 1. The van der Waals surface area contributed by atoms with Crippen LogP contribution < -0.4 is 0 Å². The highest BCUT2D eigenvalue weighted by Crippen LogP contribution is 2.25. The van der Waals surface area contributed by atoms with Crippen molar-refractivity contribution in [2.75, 3.05) is 14.2 Å². The number of nitrogens with zero attached hydrogens (tertiary/aromatic N) is 1. The summed E-state index contributed by atoms with van der Waals surface area (Å²) in [6.07, 6.45) is 6.37. The van der Waals surface area contributed by atoms with Gasteiger partial charge in [-0.15, -0.1) is 0 Å². The molecular weight excluding hydrogens is 206 g/mol. The first-order valence-corrected chi connectivity index (χ1v) is 5.71. The molecule has 0 heterocycles. The zero-order valence-corrected chi connectivity index (χ0v) is 10.2. The highest BCUT2D eigenvalue weighted by molar-refractivity contribution is 5.77. The van der Waals surface area contributed by atoms with Crippen LogP contribution in [0.25, 0.3) is 0 Å². The lowest BCUT2D eigenvalue weighted by molar-refractivity contribution is -0.176. The minimum Gasteiger partial charge on any atom is -0.392 e. The van der Waals surface area contributed by atoms with Crippen molar-refractivity contribution in [3.63, 3.8) is 0 Å². The molecular formula is C12H21NO3. The van der Waals surface area contributed by atoms with Crippen molar-refractivity contribution >= 4 is 5.91 Å². The molecule has 0 radical (unpaired) electrons. The molecule has 0 aromatic carbocycles. The fourth-order valence-corrected chi connectivity index (χ4v) is 1.95. The second-order valence-corrected chi connectivity index (χ2v) is 4.42. The number of hydrogen-bond donors (Lipinski definition) is 1. The Morgan fingerprint density at radius 3 is 2.62 bits per heavy atom. The normalized spacial score (nSPS) is 19.8. The number of carbonyl (C=O) groups is 1. The van der Waals surface area contributed by atoms with Gasteiger partial charge in [0.15, 0.2) is 0 Å². The molecule has 0 saturated heterocycles. The Morgan fingerprint density at radius 2 is 2.12 bits per heavy atom. The fraction of sp³-hybridized carbons (Fsp3) is 0.750. The predicted molar refractivity (Wildman–Crippen MR) is 61.4 cm³/mol. The van der Waals surface area contributed by atoms with Crippen molar-refractivity contribution in [1.82, 2.24) is 5.06 Å². The Kier molecular flexibility index (Phi) is 4.96. The average molecular weight is 227 g/mol.